The Labute approximate surface area is 143 Å². The summed E-state index contributed by atoms with van der Waals surface area (Å²) in [5.74, 6) is 0.115. The highest BCUT2D eigenvalue weighted by Crippen LogP contribution is 2.22. The van der Waals surface area contributed by atoms with E-state index in [0.717, 1.165) is 35.9 Å². The van der Waals surface area contributed by atoms with E-state index >= 15 is 0 Å². The number of unbranched alkanes of at least 4 members (excludes halogenated alkanes) is 1. The van der Waals surface area contributed by atoms with Crippen molar-refractivity contribution in [2.45, 2.75) is 26.3 Å². The number of aryl methyl sites for hydroxylation is 1. The van der Waals surface area contributed by atoms with Crippen LogP contribution in [-0.4, -0.2) is 21.9 Å². The van der Waals surface area contributed by atoms with E-state index in [-0.39, 0.29) is 5.91 Å². The van der Waals surface area contributed by atoms with Crippen molar-refractivity contribution in [3.8, 4) is 0 Å². The van der Waals surface area contributed by atoms with Crippen LogP contribution in [0.1, 0.15) is 35.7 Å². The van der Waals surface area contributed by atoms with Crippen molar-refractivity contribution in [1.29, 1.82) is 0 Å². The summed E-state index contributed by atoms with van der Waals surface area (Å²) in [4.78, 5) is 15.2. The van der Waals surface area contributed by atoms with Crippen LogP contribution in [0, 0.1) is 0 Å². The predicted molar refractivity (Wildman–Crippen MR) is 99.0 cm³/mol. The molecule has 0 radical (unpaired) electrons. The molecule has 0 spiro atoms. The molecule has 3 rings (SSSR count). The molecule has 24 heavy (non-hydrogen) atoms. The van der Waals surface area contributed by atoms with Gasteiger partial charge in [-0.25, -0.2) is 0 Å². The summed E-state index contributed by atoms with van der Waals surface area (Å²) in [5.41, 5.74) is 3.05. The monoisotopic (exact) mass is 320 g/mol. The number of nitrogens with zero attached hydrogens (tertiary/aromatic N) is 2. The number of rotatable bonds is 6. The topological polar surface area (TPSA) is 25.2 Å². The second-order valence-corrected chi connectivity index (χ2v) is 6.24. The van der Waals surface area contributed by atoms with Gasteiger partial charge in [-0.15, -0.1) is 0 Å². The minimum absolute atomic E-state index is 0.115. The third-order valence-corrected chi connectivity index (χ3v) is 4.41. The van der Waals surface area contributed by atoms with Gasteiger partial charge in [0.05, 0.1) is 5.56 Å². The Bertz CT molecular complexity index is 820. The fourth-order valence-corrected chi connectivity index (χ4v) is 3.09. The molecule has 1 heterocycles. The lowest BCUT2D eigenvalue weighted by atomic mass is 10.1. The van der Waals surface area contributed by atoms with E-state index in [4.69, 9.17) is 0 Å². The number of fused-ring (bicyclic) bond motifs is 1. The Morgan fingerprint density at radius 3 is 2.50 bits per heavy atom. The van der Waals surface area contributed by atoms with E-state index in [1.807, 2.05) is 59.1 Å². The zero-order valence-corrected chi connectivity index (χ0v) is 14.4. The van der Waals surface area contributed by atoms with E-state index in [2.05, 4.69) is 25.1 Å². The molecule has 0 fully saturated rings. The highest BCUT2D eigenvalue weighted by molar-refractivity contribution is 6.06. The second kappa shape index (κ2) is 7.35. The van der Waals surface area contributed by atoms with E-state index in [0.29, 0.717) is 6.54 Å². The fourth-order valence-electron chi connectivity index (χ4n) is 3.09. The number of amides is 1. The number of hydrogen-bond acceptors (Lipinski definition) is 1. The van der Waals surface area contributed by atoms with E-state index in [1.54, 1.807) is 0 Å². The Balaban J connectivity index is 1.92. The van der Waals surface area contributed by atoms with Crippen molar-refractivity contribution in [1.82, 2.24) is 9.47 Å². The average Bonchev–Trinajstić information content (AvgIpc) is 2.96. The normalized spacial score (nSPS) is 10.9. The molecule has 0 saturated carbocycles. The van der Waals surface area contributed by atoms with Gasteiger partial charge in [0, 0.05) is 37.2 Å². The number of aromatic nitrogens is 1. The third kappa shape index (κ3) is 3.35. The first kappa shape index (κ1) is 16.3. The van der Waals surface area contributed by atoms with Gasteiger partial charge in [-0.3, -0.25) is 4.79 Å². The molecule has 3 nitrogen and oxygen atoms in total. The van der Waals surface area contributed by atoms with Gasteiger partial charge in [0.2, 0.25) is 0 Å². The molecule has 124 valence electrons. The van der Waals surface area contributed by atoms with Gasteiger partial charge in [-0.05, 0) is 18.1 Å². The Morgan fingerprint density at radius 1 is 1.04 bits per heavy atom. The molecule has 0 aliphatic rings. The van der Waals surface area contributed by atoms with Gasteiger partial charge in [-0.1, -0.05) is 61.9 Å². The first-order valence-corrected chi connectivity index (χ1v) is 8.58. The number of para-hydroxylation sites is 1. The highest BCUT2D eigenvalue weighted by atomic mass is 16.2. The van der Waals surface area contributed by atoms with Crippen molar-refractivity contribution in [3.63, 3.8) is 0 Å². The van der Waals surface area contributed by atoms with E-state index in [1.165, 1.54) is 5.56 Å². The average molecular weight is 320 g/mol. The summed E-state index contributed by atoms with van der Waals surface area (Å²) in [7, 11) is 1.99. The summed E-state index contributed by atoms with van der Waals surface area (Å²) in [5, 5.41) is 1.03. The molecule has 0 N–H and O–H groups in total. The predicted octanol–water partition coefficient (Wildman–Crippen LogP) is 4.62. The Kier molecular flexibility index (Phi) is 4.99. The summed E-state index contributed by atoms with van der Waals surface area (Å²) < 4.78 is 2.03. The molecule has 3 heteroatoms. The van der Waals surface area contributed by atoms with Crippen molar-refractivity contribution in [3.05, 3.63) is 71.9 Å². The zero-order valence-electron chi connectivity index (χ0n) is 14.4. The van der Waals surface area contributed by atoms with Gasteiger partial charge < -0.3 is 9.47 Å². The zero-order chi connectivity index (χ0) is 16.9. The van der Waals surface area contributed by atoms with Crippen LogP contribution in [-0.2, 0) is 13.6 Å². The second-order valence-electron chi connectivity index (χ2n) is 6.24. The fraction of sp³-hybridized carbons (Fsp3) is 0.286. The summed E-state index contributed by atoms with van der Waals surface area (Å²) in [6, 6.07) is 18.3. The molecular weight excluding hydrogens is 296 g/mol. The lowest BCUT2D eigenvalue weighted by molar-refractivity contribution is 0.0742. The minimum atomic E-state index is 0.115. The molecule has 0 atom stereocenters. The lowest BCUT2D eigenvalue weighted by Gasteiger charge is -2.22. The van der Waals surface area contributed by atoms with Crippen molar-refractivity contribution in [2.75, 3.05) is 6.54 Å². The van der Waals surface area contributed by atoms with E-state index in [9.17, 15) is 4.79 Å². The Morgan fingerprint density at radius 2 is 1.75 bits per heavy atom. The van der Waals surface area contributed by atoms with Crippen LogP contribution in [0.3, 0.4) is 0 Å². The molecule has 0 aliphatic heterocycles. The van der Waals surface area contributed by atoms with Gasteiger partial charge >= 0.3 is 0 Å². The van der Waals surface area contributed by atoms with Crippen molar-refractivity contribution >= 4 is 16.8 Å². The standard InChI is InChI=1S/C21H24N2O/c1-3-4-14-23(15-17-10-6-5-7-11-17)21(24)19-16-22(2)20-13-9-8-12-18(19)20/h5-13,16H,3-4,14-15H2,1-2H3. The van der Waals surface area contributed by atoms with Crippen LogP contribution in [0.2, 0.25) is 0 Å². The summed E-state index contributed by atoms with van der Waals surface area (Å²) in [6.07, 6.45) is 4.05. The molecule has 0 bridgehead atoms. The van der Waals surface area contributed by atoms with Crippen molar-refractivity contribution < 1.29 is 4.79 Å². The first-order chi connectivity index (χ1) is 11.7. The molecule has 3 aromatic rings. The molecule has 0 saturated heterocycles. The molecule has 1 amide bonds. The lowest BCUT2D eigenvalue weighted by Crippen LogP contribution is -2.31. The van der Waals surface area contributed by atoms with Gasteiger partial charge in [-0.2, -0.15) is 0 Å². The molecule has 1 aromatic heterocycles. The number of benzene rings is 2. The molecule has 0 aliphatic carbocycles. The number of carbonyl (C=O) groups excluding carboxylic acids is 1. The number of hydrogen-bond donors (Lipinski definition) is 0. The van der Waals surface area contributed by atoms with Crippen LogP contribution in [0.15, 0.2) is 60.8 Å². The smallest absolute Gasteiger partial charge is 0.256 e. The molecular formula is C21H24N2O. The molecule has 0 unspecified atom stereocenters. The first-order valence-electron chi connectivity index (χ1n) is 8.58. The van der Waals surface area contributed by atoms with Crippen LogP contribution < -0.4 is 0 Å². The minimum Gasteiger partial charge on any atom is -0.350 e. The van der Waals surface area contributed by atoms with Crippen LogP contribution in [0.25, 0.3) is 10.9 Å². The molecule has 2 aromatic carbocycles. The van der Waals surface area contributed by atoms with Gasteiger partial charge in [0.1, 0.15) is 0 Å². The van der Waals surface area contributed by atoms with Gasteiger partial charge in [0.15, 0.2) is 0 Å². The van der Waals surface area contributed by atoms with Crippen LogP contribution >= 0.6 is 0 Å². The van der Waals surface area contributed by atoms with Gasteiger partial charge in [0.25, 0.3) is 5.91 Å². The Hall–Kier alpha value is -2.55. The summed E-state index contributed by atoms with van der Waals surface area (Å²) in [6.45, 7) is 3.60. The summed E-state index contributed by atoms with van der Waals surface area (Å²) >= 11 is 0. The highest BCUT2D eigenvalue weighted by Gasteiger charge is 2.20. The SMILES string of the molecule is CCCCN(Cc1ccccc1)C(=O)c1cn(C)c2ccccc12. The largest absolute Gasteiger partial charge is 0.350 e. The maximum atomic E-state index is 13.2. The van der Waals surface area contributed by atoms with E-state index < -0.39 is 0 Å². The third-order valence-electron chi connectivity index (χ3n) is 4.41. The van der Waals surface area contributed by atoms with Crippen LogP contribution in [0.4, 0.5) is 0 Å². The quantitative estimate of drug-likeness (QED) is 0.650. The number of carbonyl (C=O) groups is 1. The van der Waals surface area contributed by atoms with Crippen molar-refractivity contribution in [2.24, 2.45) is 7.05 Å². The van der Waals surface area contributed by atoms with Crippen LogP contribution in [0.5, 0.6) is 0 Å². The maximum absolute atomic E-state index is 13.2. The maximum Gasteiger partial charge on any atom is 0.256 e.